The van der Waals surface area contributed by atoms with Gasteiger partial charge in [0.15, 0.2) is 0 Å². The fraction of sp³-hybridized carbons (Fsp3) is 0.571. The van der Waals surface area contributed by atoms with Crippen molar-refractivity contribution in [1.82, 2.24) is 10.0 Å². The van der Waals surface area contributed by atoms with Gasteiger partial charge in [-0.3, -0.25) is 0 Å². The second-order valence-corrected chi connectivity index (χ2v) is 6.56. The molecule has 0 atom stereocenters. The summed E-state index contributed by atoms with van der Waals surface area (Å²) in [5, 5.41) is 3.24. The van der Waals surface area contributed by atoms with E-state index in [1.165, 1.54) is 0 Å². The van der Waals surface area contributed by atoms with Crippen molar-refractivity contribution in [3.8, 4) is 0 Å². The molecule has 2 rings (SSSR count). The van der Waals surface area contributed by atoms with Crippen LogP contribution in [0.4, 0.5) is 0 Å². The molecule has 0 fully saturated rings. The molecule has 0 saturated heterocycles. The molecule has 1 aliphatic rings. The molecule has 2 N–H and O–H groups in total. The van der Waals surface area contributed by atoms with Crippen molar-refractivity contribution < 1.29 is 17.9 Å². The zero-order chi connectivity index (χ0) is 15.1. The van der Waals surface area contributed by atoms with E-state index in [0.717, 1.165) is 30.6 Å². The van der Waals surface area contributed by atoms with Gasteiger partial charge in [0.2, 0.25) is 10.0 Å². The fourth-order valence-electron chi connectivity index (χ4n) is 2.32. The van der Waals surface area contributed by atoms with Crippen LogP contribution >= 0.6 is 0 Å². The number of nitrogens with one attached hydrogen (secondary N) is 2. The van der Waals surface area contributed by atoms with Crippen LogP contribution in [0.3, 0.4) is 0 Å². The molecule has 1 aromatic rings. The van der Waals surface area contributed by atoms with Crippen LogP contribution < -0.4 is 10.0 Å². The SMILES string of the molecule is COCCOCCNS(=O)(=O)c1cccc2c1CCNC2. The Hall–Kier alpha value is -0.990. The maximum absolute atomic E-state index is 12.4. The van der Waals surface area contributed by atoms with Crippen LogP contribution in [0.15, 0.2) is 23.1 Å². The molecule has 118 valence electrons. The van der Waals surface area contributed by atoms with E-state index in [-0.39, 0.29) is 6.54 Å². The van der Waals surface area contributed by atoms with E-state index in [1.807, 2.05) is 6.07 Å². The van der Waals surface area contributed by atoms with Gasteiger partial charge < -0.3 is 14.8 Å². The van der Waals surface area contributed by atoms with Crippen molar-refractivity contribution in [2.75, 3.05) is 40.0 Å². The standard InChI is InChI=1S/C14H22N2O4S/c1-19-9-10-20-8-7-16-21(17,18)14-4-2-3-12-11-15-6-5-13(12)14/h2-4,15-16H,5-11H2,1H3. The summed E-state index contributed by atoms with van der Waals surface area (Å²) in [7, 11) is -1.89. The Balaban J connectivity index is 1.96. The summed E-state index contributed by atoms with van der Waals surface area (Å²) in [5.41, 5.74) is 1.98. The normalized spacial score (nSPS) is 14.9. The number of hydrogen-bond acceptors (Lipinski definition) is 5. The Kier molecular flexibility index (Phi) is 6.13. The van der Waals surface area contributed by atoms with E-state index in [1.54, 1.807) is 19.2 Å². The van der Waals surface area contributed by atoms with Gasteiger partial charge in [-0.15, -0.1) is 0 Å². The van der Waals surface area contributed by atoms with Crippen LogP contribution in [0.1, 0.15) is 11.1 Å². The van der Waals surface area contributed by atoms with Crippen molar-refractivity contribution >= 4 is 10.0 Å². The molecule has 7 heteroatoms. The maximum atomic E-state index is 12.4. The predicted molar refractivity (Wildman–Crippen MR) is 79.7 cm³/mol. The number of fused-ring (bicyclic) bond motifs is 1. The molecule has 0 radical (unpaired) electrons. The molecule has 0 unspecified atom stereocenters. The first-order valence-corrected chi connectivity index (χ1v) is 8.51. The zero-order valence-corrected chi connectivity index (χ0v) is 13.0. The van der Waals surface area contributed by atoms with E-state index < -0.39 is 10.0 Å². The maximum Gasteiger partial charge on any atom is 0.240 e. The van der Waals surface area contributed by atoms with E-state index in [2.05, 4.69) is 10.0 Å². The Morgan fingerprint density at radius 3 is 2.95 bits per heavy atom. The highest BCUT2D eigenvalue weighted by atomic mass is 32.2. The van der Waals surface area contributed by atoms with Gasteiger partial charge in [-0.2, -0.15) is 0 Å². The molecule has 21 heavy (non-hydrogen) atoms. The molecule has 1 aromatic carbocycles. The van der Waals surface area contributed by atoms with Crippen molar-refractivity contribution in [3.05, 3.63) is 29.3 Å². The van der Waals surface area contributed by atoms with Gasteiger partial charge in [0.25, 0.3) is 0 Å². The van der Waals surface area contributed by atoms with Crippen molar-refractivity contribution in [2.24, 2.45) is 0 Å². The highest BCUT2D eigenvalue weighted by molar-refractivity contribution is 7.89. The van der Waals surface area contributed by atoms with Crippen LogP contribution in [0.2, 0.25) is 0 Å². The average molecular weight is 314 g/mol. The summed E-state index contributed by atoms with van der Waals surface area (Å²) in [6.07, 6.45) is 0.733. The summed E-state index contributed by atoms with van der Waals surface area (Å²) < 4.78 is 37.5. The van der Waals surface area contributed by atoms with Gasteiger partial charge in [0.1, 0.15) is 0 Å². The summed E-state index contributed by atoms with van der Waals surface area (Å²) in [5.74, 6) is 0. The average Bonchev–Trinajstić information content (AvgIpc) is 2.50. The quantitative estimate of drug-likeness (QED) is 0.674. The molecule has 0 spiro atoms. The molecular weight excluding hydrogens is 292 g/mol. The van der Waals surface area contributed by atoms with Crippen LogP contribution in [-0.2, 0) is 32.5 Å². The highest BCUT2D eigenvalue weighted by Gasteiger charge is 2.21. The molecule has 6 nitrogen and oxygen atoms in total. The summed E-state index contributed by atoms with van der Waals surface area (Å²) in [4.78, 5) is 0.387. The third kappa shape index (κ3) is 4.49. The van der Waals surface area contributed by atoms with Crippen molar-refractivity contribution in [3.63, 3.8) is 0 Å². The smallest absolute Gasteiger partial charge is 0.240 e. The molecule has 1 aliphatic heterocycles. The monoisotopic (exact) mass is 314 g/mol. The first-order chi connectivity index (χ1) is 10.1. The molecule has 0 aliphatic carbocycles. The topological polar surface area (TPSA) is 76.7 Å². The van der Waals surface area contributed by atoms with Gasteiger partial charge in [-0.25, -0.2) is 13.1 Å². The number of rotatable bonds is 8. The third-order valence-corrected chi connectivity index (χ3v) is 4.90. The van der Waals surface area contributed by atoms with Gasteiger partial charge in [-0.05, 0) is 30.2 Å². The zero-order valence-electron chi connectivity index (χ0n) is 12.2. The Labute approximate surface area is 125 Å². The van der Waals surface area contributed by atoms with Crippen molar-refractivity contribution in [1.29, 1.82) is 0 Å². The van der Waals surface area contributed by atoms with E-state index in [9.17, 15) is 8.42 Å². The second-order valence-electron chi connectivity index (χ2n) is 4.82. The largest absolute Gasteiger partial charge is 0.382 e. The summed E-state index contributed by atoms with van der Waals surface area (Å²) in [6.45, 7) is 3.09. The first-order valence-electron chi connectivity index (χ1n) is 7.03. The lowest BCUT2D eigenvalue weighted by Gasteiger charge is -2.20. The summed E-state index contributed by atoms with van der Waals surface area (Å²) in [6, 6.07) is 5.42. The van der Waals surface area contributed by atoms with Gasteiger partial charge in [0.05, 0.1) is 24.7 Å². The lowest BCUT2D eigenvalue weighted by Crippen LogP contribution is -2.31. The van der Waals surface area contributed by atoms with Gasteiger partial charge >= 0.3 is 0 Å². The van der Waals surface area contributed by atoms with Crippen LogP contribution in [-0.4, -0.2) is 48.4 Å². The third-order valence-electron chi connectivity index (χ3n) is 3.36. The number of sulfonamides is 1. The minimum Gasteiger partial charge on any atom is -0.382 e. The Bertz CT molecular complexity index is 560. The highest BCUT2D eigenvalue weighted by Crippen LogP contribution is 2.22. The number of methoxy groups -OCH3 is 1. The van der Waals surface area contributed by atoms with E-state index in [0.29, 0.717) is 24.7 Å². The molecule has 0 aromatic heterocycles. The van der Waals surface area contributed by atoms with Crippen LogP contribution in [0.5, 0.6) is 0 Å². The van der Waals surface area contributed by atoms with Crippen LogP contribution in [0, 0.1) is 0 Å². The first kappa shape index (κ1) is 16.4. The van der Waals surface area contributed by atoms with Gasteiger partial charge in [0, 0.05) is 20.2 Å². The molecule has 0 bridgehead atoms. The Morgan fingerprint density at radius 2 is 2.14 bits per heavy atom. The number of ether oxygens (including phenoxy) is 2. The van der Waals surface area contributed by atoms with Crippen molar-refractivity contribution in [2.45, 2.75) is 17.9 Å². The fourth-order valence-corrected chi connectivity index (χ4v) is 3.64. The second kappa shape index (κ2) is 7.86. The molecule has 0 amide bonds. The molecule has 1 heterocycles. The summed E-state index contributed by atoms with van der Waals surface area (Å²) >= 11 is 0. The number of hydrogen-bond donors (Lipinski definition) is 2. The minimum absolute atomic E-state index is 0.258. The molecular formula is C14H22N2O4S. The molecule has 0 saturated carbocycles. The minimum atomic E-state index is -3.48. The predicted octanol–water partition coefficient (Wildman–Crippen LogP) is 0.274. The lowest BCUT2D eigenvalue weighted by molar-refractivity contribution is 0.0736. The van der Waals surface area contributed by atoms with E-state index >= 15 is 0 Å². The van der Waals surface area contributed by atoms with Crippen LogP contribution in [0.25, 0.3) is 0 Å². The Morgan fingerprint density at radius 1 is 1.29 bits per heavy atom. The number of benzene rings is 1. The lowest BCUT2D eigenvalue weighted by atomic mass is 10.0. The van der Waals surface area contributed by atoms with E-state index in [4.69, 9.17) is 9.47 Å². The van der Waals surface area contributed by atoms with Gasteiger partial charge in [-0.1, -0.05) is 12.1 Å².